The van der Waals surface area contributed by atoms with Crippen molar-refractivity contribution >= 4 is 22.3 Å². The first-order chi connectivity index (χ1) is 4.84. The molecule has 0 fully saturated rings. The van der Waals surface area contributed by atoms with E-state index in [0.29, 0.717) is 3.97 Å². The van der Waals surface area contributed by atoms with Crippen molar-refractivity contribution in [2.24, 2.45) is 0 Å². The quantitative estimate of drug-likeness (QED) is 0.551. The Morgan fingerprint density at radius 1 is 1.30 bits per heavy atom. The van der Waals surface area contributed by atoms with E-state index in [1.165, 1.54) is 5.56 Å². The number of rotatable bonds is 2. The van der Waals surface area contributed by atoms with E-state index in [1.807, 2.05) is 12.1 Å². The molecule has 0 spiro atoms. The van der Waals surface area contributed by atoms with Crippen molar-refractivity contribution in [1.29, 1.82) is 0 Å². The molecular weight excluding hydrogens is 236 g/mol. The Morgan fingerprint density at radius 3 is 2.40 bits per heavy atom. The first kappa shape index (κ1) is 7.85. The van der Waals surface area contributed by atoms with Crippen molar-refractivity contribution < 1.29 is 0 Å². The maximum atomic E-state index is 3.75. The van der Waals surface area contributed by atoms with Gasteiger partial charge in [-0.1, -0.05) is 0 Å². The van der Waals surface area contributed by atoms with Gasteiger partial charge in [-0.2, -0.15) is 0 Å². The van der Waals surface area contributed by atoms with Crippen molar-refractivity contribution in [1.82, 2.24) is 0 Å². The second-order valence-corrected chi connectivity index (χ2v) is 3.68. The fraction of sp³-hybridized carbons (Fsp3) is 0.111. The van der Waals surface area contributed by atoms with Gasteiger partial charge in [0.1, 0.15) is 0 Å². The summed E-state index contributed by atoms with van der Waals surface area (Å²) in [7, 11) is 0. The van der Waals surface area contributed by atoms with Crippen LogP contribution in [0.3, 0.4) is 0 Å². The predicted octanol–water partition coefficient (Wildman–Crippen LogP) is 1.81. The summed E-state index contributed by atoms with van der Waals surface area (Å²) in [5.41, 5.74) is 1.35. The van der Waals surface area contributed by atoms with E-state index >= 15 is 0 Å². The average Bonchev–Trinajstić information content (AvgIpc) is 2.05. The number of allylic oxidation sites excluding steroid dienone is 1. The van der Waals surface area contributed by atoms with E-state index in [9.17, 15) is 0 Å². The molecule has 52 valence electrons. The van der Waals surface area contributed by atoms with E-state index in [2.05, 4.69) is 30.8 Å². The third-order valence-corrected chi connectivity index (χ3v) is 2.82. The normalized spacial score (nSPS) is 12.5. The maximum absolute atomic E-state index is 3.75. The summed E-state index contributed by atoms with van der Waals surface area (Å²) in [4.78, 5) is 0. The molecule has 10 heavy (non-hydrogen) atoms. The SMILES string of the molecule is C=CC([TeH])c1ccccc1. The molecule has 0 heterocycles. The van der Waals surface area contributed by atoms with Crippen LogP contribution in [0.4, 0.5) is 0 Å². The summed E-state index contributed by atoms with van der Waals surface area (Å²) in [6.45, 7) is 3.75. The van der Waals surface area contributed by atoms with Crippen LogP contribution in [0, 0.1) is 0 Å². The van der Waals surface area contributed by atoms with Crippen molar-refractivity contribution in [2.45, 2.75) is 3.97 Å². The summed E-state index contributed by atoms with van der Waals surface area (Å²) in [6.07, 6.45) is 1.98. The van der Waals surface area contributed by atoms with Gasteiger partial charge in [0.05, 0.1) is 0 Å². The molecule has 0 saturated carbocycles. The second kappa shape index (κ2) is 3.81. The molecule has 1 unspecified atom stereocenters. The van der Waals surface area contributed by atoms with Gasteiger partial charge in [-0.25, -0.2) is 0 Å². The average molecular weight is 246 g/mol. The standard InChI is InChI=1S/C9H10Te/c1-2-9(10)8-6-4-3-5-7-8/h2-7,9-10H,1H2. The van der Waals surface area contributed by atoms with E-state index in [-0.39, 0.29) is 0 Å². The second-order valence-electron chi connectivity index (χ2n) is 2.09. The van der Waals surface area contributed by atoms with Gasteiger partial charge in [-0.3, -0.25) is 0 Å². The molecule has 0 N–H and O–H groups in total. The number of benzene rings is 1. The van der Waals surface area contributed by atoms with Gasteiger partial charge in [0.15, 0.2) is 0 Å². The van der Waals surface area contributed by atoms with Crippen molar-refractivity contribution in [3.63, 3.8) is 0 Å². The molecule has 1 aromatic carbocycles. The summed E-state index contributed by atoms with van der Waals surface area (Å²) < 4.78 is 0.523. The molecule has 0 saturated heterocycles. The van der Waals surface area contributed by atoms with Crippen molar-refractivity contribution in [3.8, 4) is 0 Å². The Bertz CT molecular complexity index is 203. The third-order valence-electron chi connectivity index (χ3n) is 1.36. The van der Waals surface area contributed by atoms with Crippen LogP contribution in [0.15, 0.2) is 43.0 Å². The topological polar surface area (TPSA) is 0 Å². The van der Waals surface area contributed by atoms with Crippen LogP contribution in [-0.2, 0) is 0 Å². The first-order valence-electron chi connectivity index (χ1n) is 3.20. The molecule has 1 aromatic rings. The predicted molar refractivity (Wildman–Crippen MR) is 46.5 cm³/mol. The zero-order valence-corrected chi connectivity index (χ0v) is 8.25. The molecule has 0 aromatic heterocycles. The molecule has 0 aliphatic heterocycles. The molecule has 1 rings (SSSR count). The molecule has 0 aliphatic carbocycles. The Morgan fingerprint density at radius 2 is 1.90 bits per heavy atom. The summed E-state index contributed by atoms with van der Waals surface area (Å²) >= 11 is 1.79. The first-order valence-corrected chi connectivity index (χ1v) is 4.67. The van der Waals surface area contributed by atoms with E-state index in [1.54, 1.807) is 22.3 Å². The van der Waals surface area contributed by atoms with Gasteiger partial charge in [0, 0.05) is 0 Å². The fourth-order valence-corrected chi connectivity index (χ4v) is 1.28. The molecule has 0 radical (unpaired) electrons. The van der Waals surface area contributed by atoms with E-state index in [4.69, 9.17) is 0 Å². The molecule has 1 atom stereocenters. The van der Waals surface area contributed by atoms with Crippen LogP contribution in [0.1, 0.15) is 9.53 Å². The van der Waals surface area contributed by atoms with Crippen LogP contribution in [0.2, 0.25) is 0 Å². The minimum atomic E-state index is 0.523. The Kier molecular flexibility index (Phi) is 2.99. The zero-order valence-electron chi connectivity index (χ0n) is 5.70. The Labute approximate surface area is 74.9 Å². The Hall–Kier alpha value is -0.250. The van der Waals surface area contributed by atoms with Crippen LogP contribution >= 0.6 is 0 Å². The van der Waals surface area contributed by atoms with Crippen LogP contribution in [0.5, 0.6) is 0 Å². The molecule has 0 aliphatic rings. The van der Waals surface area contributed by atoms with Gasteiger partial charge in [0.25, 0.3) is 0 Å². The molecule has 0 amide bonds. The fourth-order valence-electron chi connectivity index (χ4n) is 0.786. The summed E-state index contributed by atoms with van der Waals surface area (Å²) in [5, 5.41) is 0. The van der Waals surface area contributed by atoms with Gasteiger partial charge in [-0.05, 0) is 0 Å². The summed E-state index contributed by atoms with van der Waals surface area (Å²) in [6, 6.07) is 10.4. The monoisotopic (exact) mass is 248 g/mol. The van der Waals surface area contributed by atoms with Gasteiger partial charge in [-0.15, -0.1) is 0 Å². The summed E-state index contributed by atoms with van der Waals surface area (Å²) in [5.74, 6) is 0. The molecular formula is C9H10Te. The van der Waals surface area contributed by atoms with E-state index in [0.717, 1.165) is 0 Å². The van der Waals surface area contributed by atoms with Gasteiger partial charge < -0.3 is 0 Å². The molecule has 1 heteroatoms. The Balaban J connectivity index is 2.84. The van der Waals surface area contributed by atoms with E-state index < -0.39 is 0 Å². The molecule has 0 bridgehead atoms. The van der Waals surface area contributed by atoms with Gasteiger partial charge in [0.2, 0.25) is 0 Å². The zero-order chi connectivity index (χ0) is 7.40. The van der Waals surface area contributed by atoms with Crippen LogP contribution in [0.25, 0.3) is 0 Å². The van der Waals surface area contributed by atoms with Crippen molar-refractivity contribution in [3.05, 3.63) is 48.6 Å². The van der Waals surface area contributed by atoms with Crippen LogP contribution in [-0.4, -0.2) is 22.3 Å². The third kappa shape index (κ3) is 1.87. The number of hydrogen-bond donors (Lipinski definition) is 0. The van der Waals surface area contributed by atoms with Gasteiger partial charge >= 0.3 is 74.8 Å². The minimum absolute atomic E-state index is 0.523. The van der Waals surface area contributed by atoms with Crippen LogP contribution < -0.4 is 0 Å². The van der Waals surface area contributed by atoms with Crippen molar-refractivity contribution in [2.75, 3.05) is 0 Å². The molecule has 0 nitrogen and oxygen atoms in total. The number of hydrogen-bond acceptors (Lipinski definition) is 0.